The van der Waals surface area contributed by atoms with Gasteiger partial charge < -0.3 is 5.43 Å². The molecule has 0 amide bonds. The Kier molecular flexibility index (Phi) is 3.30. The zero-order valence-corrected chi connectivity index (χ0v) is 10.8. The number of hydrazine groups is 1. The highest BCUT2D eigenvalue weighted by Crippen LogP contribution is 2.24. The first-order valence-corrected chi connectivity index (χ1v) is 6.70. The van der Waals surface area contributed by atoms with Crippen molar-refractivity contribution >= 4 is 23.2 Å². The van der Waals surface area contributed by atoms with E-state index in [2.05, 4.69) is 20.6 Å². The maximum absolute atomic E-state index is 5.44. The highest BCUT2D eigenvalue weighted by atomic mass is 32.2. The molecule has 0 spiro atoms. The van der Waals surface area contributed by atoms with E-state index in [0.29, 0.717) is 5.82 Å². The number of nitrogens with one attached hydrogen (secondary N) is 1. The van der Waals surface area contributed by atoms with Gasteiger partial charge in [0, 0.05) is 23.7 Å². The summed E-state index contributed by atoms with van der Waals surface area (Å²) in [7, 11) is 0. The Morgan fingerprint density at radius 2 is 2.16 bits per heavy atom. The van der Waals surface area contributed by atoms with E-state index < -0.39 is 0 Å². The molecule has 0 atom stereocenters. The fourth-order valence-electron chi connectivity index (χ4n) is 1.75. The molecule has 0 radical (unpaired) electrons. The Labute approximate surface area is 114 Å². The summed E-state index contributed by atoms with van der Waals surface area (Å²) in [6, 6.07) is 9.69. The molecule has 19 heavy (non-hydrogen) atoms. The summed E-state index contributed by atoms with van der Waals surface area (Å²) < 4.78 is 1.95. The van der Waals surface area contributed by atoms with Crippen LogP contribution in [0, 0.1) is 0 Å². The second kappa shape index (κ2) is 5.25. The molecule has 0 aliphatic carbocycles. The molecule has 7 heteroatoms. The van der Waals surface area contributed by atoms with Gasteiger partial charge in [-0.25, -0.2) is 10.8 Å². The van der Waals surface area contributed by atoms with Crippen molar-refractivity contribution in [1.29, 1.82) is 0 Å². The second-order valence-corrected chi connectivity index (χ2v) is 4.80. The number of thioether (sulfide) groups is 1. The van der Waals surface area contributed by atoms with E-state index in [0.717, 1.165) is 22.1 Å². The molecule has 0 aliphatic rings. The summed E-state index contributed by atoms with van der Waals surface area (Å²) >= 11 is 1.59. The average Bonchev–Trinajstić information content (AvgIpc) is 2.89. The molecule has 0 unspecified atom stereocenters. The van der Waals surface area contributed by atoms with Gasteiger partial charge in [-0.1, -0.05) is 23.9 Å². The first-order chi connectivity index (χ1) is 9.38. The van der Waals surface area contributed by atoms with E-state index in [9.17, 15) is 0 Å². The van der Waals surface area contributed by atoms with Crippen LogP contribution in [-0.4, -0.2) is 19.6 Å². The molecule has 0 saturated heterocycles. The molecule has 0 aliphatic heterocycles. The van der Waals surface area contributed by atoms with E-state index in [1.165, 1.54) is 0 Å². The summed E-state index contributed by atoms with van der Waals surface area (Å²) in [5.74, 6) is 6.84. The number of aromatic nitrogens is 4. The van der Waals surface area contributed by atoms with Gasteiger partial charge in [-0.15, -0.1) is 10.2 Å². The lowest BCUT2D eigenvalue weighted by atomic mass is 10.3. The highest BCUT2D eigenvalue weighted by Gasteiger charge is 2.07. The van der Waals surface area contributed by atoms with Crippen molar-refractivity contribution in [2.45, 2.75) is 10.9 Å². The van der Waals surface area contributed by atoms with Gasteiger partial charge in [0.1, 0.15) is 5.82 Å². The maximum Gasteiger partial charge on any atom is 0.195 e. The van der Waals surface area contributed by atoms with Crippen LogP contribution in [0.3, 0.4) is 0 Å². The molecular weight excluding hydrogens is 260 g/mol. The van der Waals surface area contributed by atoms with E-state index in [-0.39, 0.29) is 0 Å². The Morgan fingerprint density at radius 1 is 1.21 bits per heavy atom. The zero-order chi connectivity index (χ0) is 13.1. The number of nitrogen functional groups attached to an aromatic ring is 1. The summed E-state index contributed by atoms with van der Waals surface area (Å²) in [4.78, 5) is 4.17. The molecule has 0 aromatic carbocycles. The van der Waals surface area contributed by atoms with Crippen molar-refractivity contribution in [3.63, 3.8) is 0 Å². The molecule has 0 saturated carbocycles. The van der Waals surface area contributed by atoms with Crippen LogP contribution >= 0.6 is 11.8 Å². The molecule has 6 nitrogen and oxygen atoms in total. The van der Waals surface area contributed by atoms with Gasteiger partial charge in [-0.05, 0) is 18.2 Å². The second-order valence-electron chi connectivity index (χ2n) is 3.86. The third-order valence-corrected chi connectivity index (χ3v) is 3.66. The van der Waals surface area contributed by atoms with Crippen molar-refractivity contribution in [2.75, 3.05) is 5.43 Å². The number of pyridine rings is 2. The van der Waals surface area contributed by atoms with Crippen LogP contribution < -0.4 is 11.3 Å². The average molecular weight is 272 g/mol. The van der Waals surface area contributed by atoms with Gasteiger partial charge in [-0.3, -0.25) is 4.40 Å². The van der Waals surface area contributed by atoms with Crippen LogP contribution in [0.15, 0.2) is 47.9 Å². The Morgan fingerprint density at radius 3 is 3.05 bits per heavy atom. The lowest BCUT2D eigenvalue weighted by Gasteiger charge is -2.06. The number of hydrogen-bond donors (Lipinski definition) is 2. The quantitative estimate of drug-likeness (QED) is 0.427. The van der Waals surface area contributed by atoms with Gasteiger partial charge in [0.05, 0.1) is 0 Å². The van der Waals surface area contributed by atoms with Crippen molar-refractivity contribution < 1.29 is 0 Å². The van der Waals surface area contributed by atoms with E-state index in [4.69, 9.17) is 5.84 Å². The molecule has 3 rings (SSSR count). The number of hydrogen-bond acceptors (Lipinski definition) is 6. The molecule has 0 fully saturated rings. The van der Waals surface area contributed by atoms with Crippen molar-refractivity contribution in [3.8, 4) is 0 Å². The highest BCUT2D eigenvalue weighted by molar-refractivity contribution is 7.98. The van der Waals surface area contributed by atoms with Crippen LogP contribution in [0.4, 0.5) is 5.82 Å². The predicted molar refractivity (Wildman–Crippen MR) is 74.6 cm³/mol. The zero-order valence-electron chi connectivity index (χ0n) is 10.0. The molecule has 3 heterocycles. The van der Waals surface area contributed by atoms with E-state index in [1.807, 2.05) is 40.9 Å². The predicted octanol–water partition coefficient (Wildman–Crippen LogP) is 1.70. The molecule has 3 aromatic rings. The lowest BCUT2D eigenvalue weighted by Crippen LogP contribution is -2.10. The number of fused-ring (bicyclic) bond motifs is 1. The summed E-state index contributed by atoms with van der Waals surface area (Å²) in [5, 5.41) is 9.13. The van der Waals surface area contributed by atoms with Gasteiger partial charge >= 0.3 is 0 Å². The van der Waals surface area contributed by atoms with Crippen molar-refractivity contribution in [3.05, 3.63) is 48.3 Å². The summed E-state index contributed by atoms with van der Waals surface area (Å²) in [5.41, 5.74) is 4.47. The molecule has 0 bridgehead atoms. The first kappa shape index (κ1) is 11.9. The summed E-state index contributed by atoms with van der Waals surface area (Å²) in [6.45, 7) is 0. The van der Waals surface area contributed by atoms with Crippen LogP contribution in [0.5, 0.6) is 0 Å². The van der Waals surface area contributed by atoms with Crippen molar-refractivity contribution in [2.24, 2.45) is 5.84 Å². The van der Waals surface area contributed by atoms with Gasteiger partial charge in [0.15, 0.2) is 10.8 Å². The van der Waals surface area contributed by atoms with E-state index in [1.54, 1.807) is 18.0 Å². The number of anilines is 1. The lowest BCUT2D eigenvalue weighted by molar-refractivity contribution is 0.921. The number of rotatable bonds is 4. The van der Waals surface area contributed by atoms with Gasteiger partial charge in [-0.2, -0.15) is 0 Å². The smallest absolute Gasteiger partial charge is 0.195 e. The Hall–Kier alpha value is -2.12. The third-order valence-electron chi connectivity index (χ3n) is 2.67. The minimum absolute atomic E-state index is 0.684. The molecule has 96 valence electrons. The SMILES string of the molecule is NNc1ncccc1CSc1nnc2ccccn12. The van der Waals surface area contributed by atoms with Crippen LogP contribution in [-0.2, 0) is 5.75 Å². The maximum atomic E-state index is 5.44. The fourth-order valence-corrected chi connectivity index (χ4v) is 2.65. The normalized spacial score (nSPS) is 10.8. The molecule has 3 aromatic heterocycles. The Bertz CT molecular complexity index is 695. The minimum atomic E-state index is 0.684. The minimum Gasteiger partial charge on any atom is -0.308 e. The first-order valence-electron chi connectivity index (χ1n) is 5.71. The largest absolute Gasteiger partial charge is 0.308 e. The van der Waals surface area contributed by atoms with Crippen LogP contribution in [0.25, 0.3) is 5.65 Å². The van der Waals surface area contributed by atoms with Gasteiger partial charge in [0.2, 0.25) is 0 Å². The van der Waals surface area contributed by atoms with Crippen molar-refractivity contribution in [1.82, 2.24) is 19.6 Å². The third kappa shape index (κ3) is 2.38. The fraction of sp³-hybridized carbons (Fsp3) is 0.0833. The number of nitrogens with two attached hydrogens (primary N) is 1. The molecule has 3 N–H and O–H groups in total. The monoisotopic (exact) mass is 272 g/mol. The summed E-state index contributed by atoms with van der Waals surface area (Å²) in [6.07, 6.45) is 3.65. The standard InChI is InChI=1S/C12H12N6S/c13-15-11-9(4-3-6-14-11)8-19-12-17-16-10-5-1-2-7-18(10)12/h1-7H,8,13H2,(H,14,15). The van der Waals surface area contributed by atoms with Crippen LogP contribution in [0.1, 0.15) is 5.56 Å². The van der Waals surface area contributed by atoms with Crippen LogP contribution in [0.2, 0.25) is 0 Å². The van der Waals surface area contributed by atoms with Gasteiger partial charge in [0.25, 0.3) is 0 Å². The Balaban J connectivity index is 1.82. The number of nitrogens with zero attached hydrogens (tertiary/aromatic N) is 4. The molecular formula is C12H12N6S. The van der Waals surface area contributed by atoms with E-state index >= 15 is 0 Å². The topological polar surface area (TPSA) is 81.1 Å².